The van der Waals surface area contributed by atoms with E-state index >= 15 is 0 Å². The fourth-order valence-corrected chi connectivity index (χ4v) is 3.54. The molecule has 20 heavy (non-hydrogen) atoms. The predicted octanol–water partition coefficient (Wildman–Crippen LogP) is 2.46. The van der Waals surface area contributed by atoms with Gasteiger partial charge in [0.2, 0.25) is 0 Å². The molecule has 0 saturated carbocycles. The second-order valence-electron chi connectivity index (χ2n) is 5.39. The zero-order chi connectivity index (χ0) is 14.1. The lowest BCUT2D eigenvalue weighted by Crippen LogP contribution is -2.51. The molecule has 0 aliphatic carbocycles. The van der Waals surface area contributed by atoms with E-state index in [-0.39, 0.29) is 0 Å². The van der Waals surface area contributed by atoms with Gasteiger partial charge in [0, 0.05) is 49.4 Å². The van der Waals surface area contributed by atoms with Gasteiger partial charge in [-0.15, -0.1) is 11.3 Å². The van der Waals surface area contributed by atoms with Crippen LogP contribution < -0.4 is 4.90 Å². The van der Waals surface area contributed by atoms with Gasteiger partial charge in [-0.25, -0.2) is 4.98 Å². The number of hydrogen-bond donors (Lipinski definition) is 0. The Bertz CT molecular complexity index is 546. The van der Waals surface area contributed by atoms with Crippen LogP contribution in [0.2, 0.25) is 0 Å². The normalized spacial score (nSPS) is 20.6. The first kappa shape index (κ1) is 13.6. The minimum absolute atomic E-state index is 0.482. The van der Waals surface area contributed by atoms with Crippen molar-refractivity contribution < 1.29 is 4.52 Å². The first-order valence-corrected chi connectivity index (χ1v) is 7.83. The van der Waals surface area contributed by atoms with Crippen LogP contribution in [0, 0.1) is 13.8 Å². The molecular weight excluding hydrogens is 272 g/mol. The molecule has 3 rings (SSSR count). The molecule has 3 heterocycles. The average molecular weight is 292 g/mol. The summed E-state index contributed by atoms with van der Waals surface area (Å²) in [6.45, 7) is 10.3. The number of anilines is 1. The molecule has 0 bridgehead atoms. The van der Waals surface area contributed by atoms with Crippen molar-refractivity contribution in [2.45, 2.75) is 33.4 Å². The summed E-state index contributed by atoms with van der Waals surface area (Å²) >= 11 is 1.72. The summed E-state index contributed by atoms with van der Waals surface area (Å²) in [4.78, 5) is 9.29. The third kappa shape index (κ3) is 2.58. The van der Waals surface area contributed by atoms with E-state index in [2.05, 4.69) is 26.9 Å². The summed E-state index contributed by atoms with van der Waals surface area (Å²) in [6, 6.07) is 0.482. The SMILES string of the molecule is Cc1noc(C)c1CN1CCN(c2nccs2)C(C)C1. The first-order valence-electron chi connectivity index (χ1n) is 6.95. The van der Waals surface area contributed by atoms with E-state index in [9.17, 15) is 0 Å². The number of aromatic nitrogens is 2. The van der Waals surface area contributed by atoms with Gasteiger partial charge in [0.15, 0.2) is 5.13 Å². The number of rotatable bonds is 3. The Morgan fingerprint density at radius 1 is 1.40 bits per heavy atom. The predicted molar refractivity (Wildman–Crippen MR) is 80.2 cm³/mol. The minimum Gasteiger partial charge on any atom is -0.361 e. The van der Waals surface area contributed by atoms with Gasteiger partial charge in [0.1, 0.15) is 5.76 Å². The summed E-state index contributed by atoms with van der Waals surface area (Å²) in [5, 5.41) is 7.21. The average Bonchev–Trinajstić information content (AvgIpc) is 3.04. The highest BCUT2D eigenvalue weighted by Crippen LogP contribution is 2.24. The lowest BCUT2D eigenvalue weighted by atomic mass is 10.1. The number of aryl methyl sites for hydroxylation is 2. The molecule has 6 heteroatoms. The highest BCUT2D eigenvalue weighted by atomic mass is 32.1. The molecule has 108 valence electrons. The molecule has 5 nitrogen and oxygen atoms in total. The molecule has 1 atom stereocenters. The van der Waals surface area contributed by atoms with Gasteiger partial charge < -0.3 is 9.42 Å². The van der Waals surface area contributed by atoms with E-state index in [1.807, 2.05) is 25.4 Å². The lowest BCUT2D eigenvalue weighted by Gasteiger charge is -2.39. The third-order valence-electron chi connectivity index (χ3n) is 3.94. The van der Waals surface area contributed by atoms with Crippen molar-refractivity contribution >= 4 is 16.5 Å². The molecule has 0 aromatic carbocycles. The van der Waals surface area contributed by atoms with Gasteiger partial charge in [-0.2, -0.15) is 0 Å². The quantitative estimate of drug-likeness (QED) is 0.869. The first-order chi connectivity index (χ1) is 9.65. The summed E-state index contributed by atoms with van der Waals surface area (Å²) in [5.74, 6) is 0.942. The molecule has 0 radical (unpaired) electrons. The van der Waals surface area contributed by atoms with E-state index in [4.69, 9.17) is 4.52 Å². The number of piperazine rings is 1. The largest absolute Gasteiger partial charge is 0.361 e. The summed E-state index contributed by atoms with van der Waals surface area (Å²) < 4.78 is 5.25. The van der Waals surface area contributed by atoms with Gasteiger partial charge in [-0.05, 0) is 20.8 Å². The molecule has 1 fully saturated rings. The number of hydrogen-bond acceptors (Lipinski definition) is 6. The van der Waals surface area contributed by atoms with Crippen molar-refractivity contribution in [2.24, 2.45) is 0 Å². The van der Waals surface area contributed by atoms with Crippen molar-refractivity contribution in [1.29, 1.82) is 0 Å². The van der Waals surface area contributed by atoms with E-state index in [1.54, 1.807) is 11.3 Å². The van der Waals surface area contributed by atoms with Crippen molar-refractivity contribution in [2.75, 3.05) is 24.5 Å². The van der Waals surface area contributed by atoms with Crippen molar-refractivity contribution in [3.05, 3.63) is 28.6 Å². The lowest BCUT2D eigenvalue weighted by molar-refractivity contribution is 0.219. The second-order valence-corrected chi connectivity index (χ2v) is 6.27. The van der Waals surface area contributed by atoms with Crippen molar-refractivity contribution in [3.8, 4) is 0 Å². The second kappa shape index (κ2) is 5.54. The molecule has 0 spiro atoms. The monoisotopic (exact) mass is 292 g/mol. The fraction of sp³-hybridized carbons (Fsp3) is 0.571. The number of thiazole rings is 1. The van der Waals surface area contributed by atoms with Crippen LogP contribution in [0.15, 0.2) is 16.1 Å². The van der Waals surface area contributed by atoms with E-state index in [0.29, 0.717) is 6.04 Å². The van der Waals surface area contributed by atoms with Crippen LogP contribution in [0.4, 0.5) is 5.13 Å². The van der Waals surface area contributed by atoms with Crippen LogP contribution in [0.25, 0.3) is 0 Å². The standard InChI is InChI=1S/C14H20N4OS/c1-10-8-17(9-13-11(2)16-19-12(13)3)5-6-18(10)14-15-4-7-20-14/h4,7,10H,5-6,8-9H2,1-3H3. The van der Waals surface area contributed by atoms with Crippen LogP contribution in [0.1, 0.15) is 23.9 Å². The Morgan fingerprint density at radius 3 is 2.85 bits per heavy atom. The number of nitrogens with zero attached hydrogens (tertiary/aromatic N) is 4. The molecule has 1 unspecified atom stereocenters. The molecule has 1 aliphatic rings. The van der Waals surface area contributed by atoms with Crippen LogP contribution in [0.5, 0.6) is 0 Å². The van der Waals surface area contributed by atoms with Gasteiger partial charge in [0.25, 0.3) is 0 Å². The van der Waals surface area contributed by atoms with Crippen LogP contribution >= 0.6 is 11.3 Å². The Balaban J connectivity index is 1.65. The zero-order valence-electron chi connectivity index (χ0n) is 12.2. The van der Waals surface area contributed by atoms with Crippen LogP contribution in [0.3, 0.4) is 0 Å². The molecule has 2 aromatic heterocycles. The van der Waals surface area contributed by atoms with Crippen molar-refractivity contribution in [1.82, 2.24) is 15.0 Å². The highest BCUT2D eigenvalue weighted by molar-refractivity contribution is 7.13. The third-order valence-corrected chi connectivity index (χ3v) is 4.75. The van der Waals surface area contributed by atoms with E-state index < -0.39 is 0 Å². The topological polar surface area (TPSA) is 45.4 Å². The Hall–Kier alpha value is -1.40. The smallest absolute Gasteiger partial charge is 0.185 e. The van der Waals surface area contributed by atoms with Gasteiger partial charge in [-0.1, -0.05) is 5.16 Å². The summed E-state index contributed by atoms with van der Waals surface area (Å²) in [6.07, 6.45) is 1.88. The maximum Gasteiger partial charge on any atom is 0.185 e. The zero-order valence-corrected chi connectivity index (χ0v) is 13.0. The summed E-state index contributed by atoms with van der Waals surface area (Å²) in [5.41, 5.74) is 2.25. The fourth-order valence-electron chi connectivity index (χ4n) is 2.77. The maximum atomic E-state index is 5.25. The van der Waals surface area contributed by atoms with Crippen LogP contribution in [-0.4, -0.2) is 40.7 Å². The minimum atomic E-state index is 0.482. The molecule has 2 aromatic rings. The molecule has 1 aliphatic heterocycles. The summed E-state index contributed by atoms with van der Waals surface area (Å²) in [7, 11) is 0. The van der Waals surface area contributed by atoms with Gasteiger partial charge in [-0.3, -0.25) is 4.90 Å². The van der Waals surface area contributed by atoms with Gasteiger partial charge in [0.05, 0.1) is 5.69 Å². The molecule has 1 saturated heterocycles. The Morgan fingerprint density at radius 2 is 2.25 bits per heavy atom. The van der Waals surface area contributed by atoms with E-state index in [0.717, 1.165) is 42.8 Å². The van der Waals surface area contributed by atoms with Gasteiger partial charge >= 0.3 is 0 Å². The Labute approximate surface area is 123 Å². The molecule has 0 N–H and O–H groups in total. The maximum absolute atomic E-state index is 5.25. The highest BCUT2D eigenvalue weighted by Gasteiger charge is 2.26. The van der Waals surface area contributed by atoms with Crippen LogP contribution in [-0.2, 0) is 6.54 Å². The van der Waals surface area contributed by atoms with Crippen molar-refractivity contribution in [3.63, 3.8) is 0 Å². The molecule has 0 amide bonds. The molecular formula is C14H20N4OS. The Kier molecular flexibility index (Phi) is 3.76. The van der Waals surface area contributed by atoms with E-state index in [1.165, 1.54) is 5.56 Å².